The van der Waals surface area contributed by atoms with Gasteiger partial charge in [-0.25, -0.2) is 14.4 Å². The van der Waals surface area contributed by atoms with Crippen LogP contribution < -0.4 is 4.90 Å². The van der Waals surface area contributed by atoms with Gasteiger partial charge in [0.2, 0.25) is 0 Å². The Morgan fingerprint density at radius 2 is 1.96 bits per heavy atom. The van der Waals surface area contributed by atoms with Crippen molar-refractivity contribution in [1.29, 1.82) is 0 Å². The van der Waals surface area contributed by atoms with E-state index in [4.69, 9.17) is 4.98 Å². The van der Waals surface area contributed by atoms with Crippen LogP contribution in [-0.4, -0.2) is 41.0 Å². The van der Waals surface area contributed by atoms with Crippen molar-refractivity contribution < 1.29 is 4.39 Å². The molecule has 2 fully saturated rings. The van der Waals surface area contributed by atoms with Gasteiger partial charge in [0.15, 0.2) is 0 Å². The standard InChI is InChI=1S/C20H25FN4/c1-24(19-10-11-22-20(23-19)16-6-7-16)18-3-2-12-25(14-18)13-15-4-8-17(21)9-5-15/h4-5,8-11,16,18H,2-3,6-7,12-14H2,1H3. The second kappa shape index (κ2) is 7.08. The molecule has 4 nitrogen and oxygen atoms in total. The van der Waals surface area contributed by atoms with E-state index >= 15 is 0 Å². The van der Waals surface area contributed by atoms with Crippen LogP contribution >= 0.6 is 0 Å². The smallest absolute Gasteiger partial charge is 0.133 e. The number of aromatic nitrogens is 2. The quantitative estimate of drug-likeness (QED) is 0.832. The molecule has 1 atom stereocenters. The third-order valence-electron chi connectivity index (χ3n) is 5.31. The lowest BCUT2D eigenvalue weighted by atomic mass is 10.0. The Morgan fingerprint density at radius 1 is 1.16 bits per heavy atom. The molecule has 2 aliphatic rings. The highest BCUT2D eigenvalue weighted by Gasteiger charge is 2.28. The number of nitrogens with zero attached hydrogens (tertiary/aromatic N) is 4. The van der Waals surface area contributed by atoms with Crippen molar-refractivity contribution in [3.63, 3.8) is 0 Å². The fourth-order valence-corrected chi connectivity index (χ4v) is 3.62. The third-order valence-corrected chi connectivity index (χ3v) is 5.31. The monoisotopic (exact) mass is 340 g/mol. The highest BCUT2D eigenvalue weighted by atomic mass is 19.1. The molecule has 0 bridgehead atoms. The Morgan fingerprint density at radius 3 is 2.72 bits per heavy atom. The highest BCUT2D eigenvalue weighted by molar-refractivity contribution is 5.38. The van der Waals surface area contributed by atoms with Gasteiger partial charge in [0, 0.05) is 38.3 Å². The van der Waals surface area contributed by atoms with E-state index in [2.05, 4.69) is 21.8 Å². The van der Waals surface area contributed by atoms with Gasteiger partial charge in [-0.2, -0.15) is 0 Å². The van der Waals surface area contributed by atoms with E-state index in [1.54, 1.807) is 12.1 Å². The lowest BCUT2D eigenvalue weighted by Crippen LogP contribution is -2.46. The van der Waals surface area contributed by atoms with Gasteiger partial charge in [-0.1, -0.05) is 12.1 Å². The molecule has 1 aromatic heterocycles. The maximum Gasteiger partial charge on any atom is 0.133 e. The summed E-state index contributed by atoms with van der Waals surface area (Å²) in [5, 5.41) is 0. The van der Waals surface area contributed by atoms with E-state index < -0.39 is 0 Å². The summed E-state index contributed by atoms with van der Waals surface area (Å²) in [5.41, 5.74) is 1.17. The molecule has 2 heterocycles. The molecular formula is C20H25FN4. The molecule has 1 aromatic carbocycles. The zero-order chi connectivity index (χ0) is 17.2. The number of anilines is 1. The first kappa shape index (κ1) is 16.5. The SMILES string of the molecule is CN(c1ccnc(C2CC2)n1)C1CCCN(Cc2ccc(F)cc2)C1. The molecule has 0 radical (unpaired) electrons. The van der Waals surface area contributed by atoms with Crippen LogP contribution in [-0.2, 0) is 6.54 Å². The van der Waals surface area contributed by atoms with Crippen molar-refractivity contribution in [2.45, 2.75) is 44.2 Å². The predicted molar refractivity (Wildman–Crippen MR) is 97.1 cm³/mol. The fourth-order valence-electron chi connectivity index (χ4n) is 3.62. The summed E-state index contributed by atoms with van der Waals surface area (Å²) in [7, 11) is 2.14. The van der Waals surface area contributed by atoms with E-state index in [0.29, 0.717) is 12.0 Å². The van der Waals surface area contributed by atoms with Crippen LogP contribution in [0.25, 0.3) is 0 Å². The minimum Gasteiger partial charge on any atom is -0.355 e. The molecule has 0 amide bonds. The van der Waals surface area contributed by atoms with E-state index in [1.165, 1.54) is 31.2 Å². The maximum atomic E-state index is 13.1. The van der Waals surface area contributed by atoms with Crippen molar-refractivity contribution in [2.24, 2.45) is 0 Å². The molecule has 1 aliphatic heterocycles. The van der Waals surface area contributed by atoms with Crippen LogP contribution in [0, 0.1) is 5.82 Å². The third kappa shape index (κ3) is 3.98. The van der Waals surface area contributed by atoms with Crippen LogP contribution in [0.4, 0.5) is 10.2 Å². The van der Waals surface area contributed by atoms with Gasteiger partial charge in [-0.3, -0.25) is 4.90 Å². The number of hydrogen-bond acceptors (Lipinski definition) is 4. The lowest BCUT2D eigenvalue weighted by molar-refractivity contribution is 0.198. The van der Waals surface area contributed by atoms with Gasteiger partial charge in [-0.15, -0.1) is 0 Å². The molecule has 1 aliphatic carbocycles. The average molecular weight is 340 g/mol. The Labute approximate surface area is 148 Å². The molecule has 0 spiro atoms. The summed E-state index contributed by atoms with van der Waals surface area (Å²) < 4.78 is 13.1. The molecule has 5 heteroatoms. The van der Waals surface area contributed by atoms with Gasteiger partial charge in [0.25, 0.3) is 0 Å². The summed E-state index contributed by atoms with van der Waals surface area (Å²) in [6.45, 7) is 2.98. The molecular weight excluding hydrogens is 315 g/mol. The fraction of sp³-hybridized carbons (Fsp3) is 0.500. The number of likely N-dealkylation sites (N-methyl/N-ethyl adjacent to an activating group) is 1. The van der Waals surface area contributed by atoms with Crippen LogP contribution in [0.3, 0.4) is 0 Å². The van der Waals surface area contributed by atoms with Gasteiger partial charge in [-0.05, 0) is 56.0 Å². The summed E-state index contributed by atoms with van der Waals surface area (Å²) in [5.74, 6) is 2.44. The van der Waals surface area contributed by atoms with Crippen LogP contribution in [0.2, 0.25) is 0 Å². The molecule has 1 unspecified atom stereocenters. The topological polar surface area (TPSA) is 32.3 Å². The average Bonchev–Trinajstić information content (AvgIpc) is 3.49. The normalized spacial score (nSPS) is 21.3. The van der Waals surface area contributed by atoms with Gasteiger partial charge >= 0.3 is 0 Å². The van der Waals surface area contributed by atoms with Crippen molar-refractivity contribution in [3.05, 3.63) is 53.7 Å². The molecule has 1 saturated carbocycles. The number of halogens is 1. The van der Waals surface area contributed by atoms with Crippen LogP contribution in [0.1, 0.15) is 43.0 Å². The molecule has 0 N–H and O–H groups in total. The molecule has 4 rings (SSSR count). The van der Waals surface area contributed by atoms with Crippen molar-refractivity contribution in [2.75, 3.05) is 25.0 Å². The van der Waals surface area contributed by atoms with E-state index in [9.17, 15) is 4.39 Å². The van der Waals surface area contributed by atoms with Gasteiger partial charge in [0.05, 0.1) is 0 Å². The summed E-state index contributed by atoms with van der Waals surface area (Å²) >= 11 is 0. The van der Waals surface area contributed by atoms with Gasteiger partial charge < -0.3 is 4.90 Å². The Bertz CT molecular complexity index is 714. The largest absolute Gasteiger partial charge is 0.355 e. The zero-order valence-corrected chi connectivity index (χ0v) is 14.7. The molecule has 25 heavy (non-hydrogen) atoms. The first-order chi connectivity index (χ1) is 12.2. The van der Waals surface area contributed by atoms with Gasteiger partial charge in [0.1, 0.15) is 17.5 Å². The first-order valence-corrected chi connectivity index (χ1v) is 9.21. The second-order valence-corrected chi connectivity index (χ2v) is 7.32. The first-order valence-electron chi connectivity index (χ1n) is 9.21. The van der Waals surface area contributed by atoms with Crippen LogP contribution in [0.15, 0.2) is 36.5 Å². The predicted octanol–water partition coefficient (Wildman–Crippen LogP) is 3.59. The lowest BCUT2D eigenvalue weighted by Gasteiger charge is -2.38. The molecule has 2 aromatic rings. The summed E-state index contributed by atoms with van der Waals surface area (Å²) in [4.78, 5) is 14.0. The van der Waals surface area contributed by atoms with Crippen molar-refractivity contribution in [1.82, 2.24) is 14.9 Å². The summed E-state index contributed by atoms with van der Waals surface area (Å²) in [6, 6.07) is 9.33. The number of likely N-dealkylation sites (tertiary alicyclic amines) is 1. The number of piperidine rings is 1. The zero-order valence-electron chi connectivity index (χ0n) is 14.7. The van der Waals surface area contributed by atoms with Crippen molar-refractivity contribution in [3.8, 4) is 0 Å². The minimum atomic E-state index is -0.171. The highest BCUT2D eigenvalue weighted by Crippen LogP contribution is 2.38. The molecule has 132 valence electrons. The maximum absolute atomic E-state index is 13.1. The van der Waals surface area contributed by atoms with Crippen molar-refractivity contribution >= 4 is 5.82 Å². The Hall–Kier alpha value is -2.01. The second-order valence-electron chi connectivity index (χ2n) is 7.32. The van der Waals surface area contributed by atoms with Crippen LogP contribution in [0.5, 0.6) is 0 Å². The summed E-state index contributed by atoms with van der Waals surface area (Å²) in [6.07, 6.45) is 6.70. The number of rotatable bonds is 5. The van der Waals surface area contributed by atoms with E-state index in [-0.39, 0.29) is 5.82 Å². The van der Waals surface area contributed by atoms with E-state index in [1.807, 2.05) is 24.4 Å². The number of hydrogen-bond donors (Lipinski definition) is 0. The molecule has 1 saturated heterocycles. The Kier molecular flexibility index (Phi) is 4.66. The number of benzene rings is 1. The minimum absolute atomic E-state index is 0.171. The van der Waals surface area contributed by atoms with E-state index in [0.717, 1.165) is 31.3 Å². The Balaban J connectivity index is 1.41.